The number of hydrogen-bond donors (Lipinski definition) is 1. The van der Waals surface area contributed by atoms with Gasteiger partial charge in [0.1, 0.15) is 0 Å². The molecule has 1 saturated heterocycles. The fourth-order valence-corrected chi connectivity index (χ4v) is 2.99. The van der Waals surface area contributed by atoms with Gasteiger partial charge in [-0.25, -0.2) is 9.97 Å². The van der Waals surface area contributed by atoms with Crippen LogP contribution in [0.15, 0.2) is 29.2 Å². The van der Waals surface area contributed by atoms with Gasteiger partial charge in [0.15, 0.2) is 0 Å². The van der Waals surface area contributed by atoms with Crippen LogP contribution in [-0.2, 0) is 0 Å². The lowest BCUT2D eigenvalue weighted by atomic mass is 10.00. The lowest BCUT2D eigenvalue weighted by Gasteiger charge is -2.30. The number of nitrogens with zero attached hydrogens (tertiary/aromatic N) is 3. The molecule has 0 saturated carbocycles. The molecule has 0 spiro atoms. The van der Waals surface area contributed by atoms with E-state index in [0.29, 0.717) is 11.3 Å². The molecule has 0 aromatic carbocycles. The van der Waals surface area contributed by atoms with Crippen LogP contribution < -0.4 is 10.2 Å². The second kappa shape index (κ2) is 6.22. The maximum Gasteiger partial charge on any atom is 0.256 e. The number of thiophene rings is 1. The zero-order valence-corrected chi connectivity index (χ0v) is 12.8. The van der Waals surface area contributed by atoms with Crippen LogP contribution in [0.1, 0.15) is 30.1 Å². The van der Waals surface area contributed by atoms with Crippen molar-refractivity contribution in [3.63, 3.8) is 0 Å². The summed E-state index contributed by atoms with van der Waals surface area (Å²) in [6, 6.07) is 1.80. The van der Waals surface area contributed by atoms with Crippen LogP contribution in [0.25, 0.3) is 0 Å². The van der Waals surface area contributed by atoms with E-state index in [1.807, 2.05) is 10.8 Å². The largest absolute Gasteiger partial charge is 0.341 e. The number of anilines is 2. The van der Waals surface area contributed by atoms with Crippen molar-refractivity contribution in [1.29, 1.82) is 0 Å². The number of hydrogen-bond acceptors (Lipinski definition) is 5. The number of amides is 1. The molecule has 1 fully saturated rings. The lowest BCUT2D eigenvalue weighted by Crippen LogP contribution is -2.34. The Bertz CT molecular complexity index is 589. The van der Waals surface area contributed by atoms with Crippen molar-refractivity contribution in [2.24, 2.45) is 5.92 Å². The van der Waals surface area contributed by atoms with Crippen molar-refractivity contribution in [1.82, 2.24) is 9.97 Å². The SMILES string of the molecule is CC1CCN(c2ncc(NC(=O)c3ccsc3)cn2)CC1. The topological polar surface area (TPSA) is 58.1 Å². The summed E-state index contributed by atoms with van der Waals surface area (Å²) in [7, 11) is 0. The van der Waals surface area contributed by atoms with Crippen molar-refractivity contribution in [2.45, 2.75) is 19.8 Å². The van der Waals surface area contributed by atoms with E-state index in [1.54, 1.807) is 18.5 Å². The molecule has 6 heteroatoms. The molecule has 0 aliphatic carbocycles. The Hall–Kier alpha value is -1.95. The van der Waals surface area contributed by atoms with Crippen LogP contribution in [0.5, 0.6) is 0 Å². The first-order chi connectivity index (χ1) is 10.2. The molecule has 1 aliphatic rings. The van der Waals surface area contributed by atoms with Crippen LogP contribution in [-0.4, -0.2) is 29.0 Å². The molecule has 0 radical (unpaired) electrons. The summed E-state index contributed by atoms with van der Waals surface area (Å²) in [5, 5.41) is 6.51. The quantitative estimate of drug-likeness (QED) is 0.947. The average molecular weight is 302 g/mol. The normalized spacial score (nSPS) is 16.0. The summed E-state index contributed by atoms with van der Waals surface area (Å²) < 4.78 is 0. The highest BCUT2D eigenvalue weighted by molar-refractivity contribution is 7.08. The molecule has 0 unspecified atom stereocenters. The molecule has 1 N–H and O–H groups in total. The van der Waals surface area contributed by atoms with E-state index in [2.05, 4.69) is 27.1 Å². The zero-order chi connectivity index (χ0) is 14.7. The molecule has 1 aliphatic heterocycles. The summed E-state index contributed by atoms with van der Waals surface area (Å²) in [4.78, 5) is 22.9. The van der Waals surface area contributed by atoms with Gasteiger partial charge in [-0.2, -0.15) is 11.3 Å². The second-order valence-corrected chi connectivity index (χ2v) is 6.19. The Morgan fingerprint density at radius 2 is 2.05 bits per heavy atom. The minimum absolute atomic E-state index is 0.126. The third kappa shape index (κ3) is 3.39. The summed E-state index contributed by atoms with van der Waals surface area (Å²) in [5.41, 5.74) is 1.29. The van der Waals surface area contributed by atoms with E-state index < -0.39 is 0 Å². The van der Waals surface area contributed by atoms with Crippen molar-refractivity contribution in [3.8, 4) is 0 Å². The number of nitrogens with one attached hydrogen (secondary N) is 1. The minimum Gasteiger partial charge on any atom is -0.341 e. The first-order valence-electron chi connectivity index (χ1n) is 7.13. The van der Waals surface area contributed by atoms with Gasteiger partial charge < -0.3 is 10.2 Å². The van der Waals surface area contributed by atoms with Gasteiger partial charge in [-0.1, -0.05) is 6.92 Å². The van der Waals surface area contributed by atoms with E-state index in [4.69, 9.17) is 0 Å². The van der Waals surface area contributed by atoms with Crippen LogP contribution in [0, 0.1) is 5.92 Å². The van der Waals surface area contributed by atoms with Gasteiger partial charge in [0.2, 0.25) is 5.95 Å². The van der Waals surface area contributed by atoms with Crippen LogP contribution in [0.3, 0.4) is 0 Å². The highest BCUT2D eigenvalue weighted by Crippen LogP contribution is 2.20. The van der Waals surface area contributed by atoms with Gasteiger partial charge in [0.25, 0.3) is 5.91 Å². The Balaban J connectivity index is 1.63. The number of carbonyl (C=O) groups is 1. The molecule has 0 atom stereocenters. The Labute approximate surface area is 128 Å². The number of rotatable bonds is 3. The molecular weight excluding hydrogens is 284 g/mol. The monoisotopic (exact) mass is 302 g/mol. The van der Waals surface area contributed by atoms with Crippen molar-refractivity contribution in [2.75, 3.05) is 23.3 Å². The Morgan fingerprint density at radius 3 is 2.67 bits per heavy atom. The maximum atomic E-state index is 11.9. The smallest absolute Gasteiger partial charge is 0.256 e. The van der Waals surface area contributed by atoms with Gasteiger partial charge >= 0.3 is 0 Å². The van der Waals surface area contributed by atoms with Crippen LogP contribution >= 0.6 is 11.3 Å². The van der Waals surface area contributed by atoms with Crippen molar-refractivity contribution < 1.29 is 4.79 Å². The zero-order valence-electron chi connectivity index (χ0n) is 12.0. The van der Waals surface area contributed by atoms with Gasteiger partial charge in [-0.05, 0) is 30.2 Å². The summed E-state index contributed by atoms with van der Waals surface area (Å²) in [6.07, 6.45) is 5.70. The lowest BCUT2D eigenvalue weighted by molar-refractivity contribution is 0.102. The molecule has 21 heavy (non-hydrogen) atoms. The molecule has 1 amide bonds. The van der Waals surface area contributed by atoms with E-state index in [0.717, 1.165) is 25.0 Å². The number of aromatic nitrogens is 2. The molecule has 3 rings (SSSR count). The molecule has 3 heterocycles. The fourth-order valence-electron chi connectivity index (χ4n) is 2.35. The molecular formula is C15H18N4OS. The highest BCUT2D eigenvalue weighted by atomic mass is 32.1. The maximum absolute atomic E-state index is 11.9. The first-order valence-corrected chi connectivity index (χ1v) is 8.07. The third-order valence-corrected chi connectivity index (χ3v) is 4.43. The van der Waals surface area contributed by atoms with Gasteiger partial charge in [0, 0.05) is 18.5 Å². The fraction of sp³-hybridized carbons (Fsp3) is 0.400. The molecule has 5 nitrogen and oxygen atoms in total. The van der Waals surface area contributed by atoms with Gasteiger partial charge in [-0.15, -0.1) is 0 Å². The minimum atomic E-state index is -0.126. The number of piperidine rings is 1. The summed E-state index contributed by atoms with van der Waals surface area (Å²) >= 11 is 1.50. The predicted octanol–water partition coefficient (Wildman–Crippen LogP) is 3.03. The van der Waals surface area contributed by atoms with Crippen LogP contribution in [0.4, 0.5) is 11.6 Å². The van der Waals surface area contributed by atoms with E-state index in [-0.39, 0.29) is 5.91 Å². The summed E-state index contributed by atoms with van der Waals surface area (Å²) in [5.74, 6) is 1.40. The van der Waals surface area contributed by atoms with Crippen LogP contribution in [0.2, 0.25) is 0 Å². The Morgan fingerprint density at radius 1 is 1.33 bits per heavy atom. The Kier molecular flexibility index (Phi) is 4.15. The highest BCUT2D eigenvalue weighted by Gasteiger charge is 2.17. The molecule has 0 bridgehead atoms. The third-order valence-electron chi connectivity index (χ3n) is 3.75. The van der Waals surface area contributed by atoms with Crippen molar-refractivity contribution in [3.05, 3.63) is 34.8 Å². The number of carbonyl (C=O) groups excluding carboxylic acids is 1. The first kappa shape index (κ1) is 14.0. The second-order valence-electron chi connectivity index (χ2n) is 5.41. The standard InChI is InChI=1S/C15H18N4OS/c1-11-2-5-19(6-3-11)15-16-8-13(9-17-15)18-14(20)12-4-7-21-10-12/h4,7-11H,2-3,5-6H2,1H3,(H,18,20). The molecule has 2 aromatic rings. The van der Waals surface area contributed by atoms with E-state index >= 15 is 0 Å². The average Bonchev–Trinajstić information content (AvgIpc) is 3.03. The van der Waals surface area contributed by atoms with E-state index in [9.17, 15) is 4.79 Å². The van der Waals surface area contributed by atoms with Gasteiger partial charge in [-0.3, -0.25) is 4.79 Å². The van der Waals surface area contributed by atoms with Gasteiger partial charge in [0.05, 0.1) is 23.6 Å². The summed E-state index contributed by atoms with van der Waals surface area (Å²) in [6.45, 7) is 4.28. The predicted molar refractivity (Wildman–Crippen MR) is 84.9 cm³/mol. The molecule has 2 aromatic heterocycles. The molecule has 110 valence electrons. The van der Waals surface area contributed by atoms with E-state index in [1.165, 1.54) is 24.2 Å². The van der Waals surface area contributed by atoms with Crippen molar-refractivity contribution >= 4 is 28.9 Å².